The summed E-state index contributed by atoms with van der Waals surface area (Å²) >= 11 is 0. The lowest BCUT2D eigenvalue weighted by Crippen LogP contribution is -2.31. The molecule has 1 aromatic heterocycles. The highest BCUT2D eigenvalue weighted by atomic mass is 16.5. The lowest BCUT2D eigenvalue weighted by atomic mass is 10.2. The van der Waals surface area contributed by atoms with Gasteiger partial charge in [0, 0.05) is 6.92 Å². The molecule has 1 heterocycles. The molecule has 1 amide bonds. The highest BCUT2D eigenvalue weighted by molar-refractivity contribution is 5.98. The Hall–Kier alpha value is -2.84. The number of nitrogens with one attached hydrogen (secondary N) is 3. The number of hydrazine groups is 1. The molecular formula is C13H17N3O6. The van der Waals surface area contributed by atoms with Crippen LogP contribution in [-0.4, -0.2) is 36.0 Å². The largest absolute Gasteiger partial charge is 0.462 e. The topological polar surface area (TPSA) is 127 Å². The third kappa shape index (κ3) is 4.33. The number of hydrogen-bond acceptors (Lipinski definition) is 7. The molecule has 0 fully saturated rings. The molecule has 0 bridgehead atoms. The van der Waals surface area contributed by atoms with Crippen LogP contribution in [0.1, 0.15) is 41.5 Å². The zero-order chi connectivity index (χ0) is 16.7. The summed E-state index contributed by atoms with van der Waals surface area (Å²) in [6.07, 6.45) is 0. The second-order valence-electron chi connectivity index (χ2n) is 4.05. The number of amides is 1. The lowest BCUT2D eigenvalue weighted by molar-refractivity contribution is -0.118. The third-order valence-electron chi connectivity index (χ3n) is 2.40. The highest BCUT2D eigenvalue weighted by Gasteiger charge is 2.21. The van der Waals surface area contributed by atoms with E-state index in [2.05, 4.69) is 15.8 Å². The molecule has 0 spiro atoms. The molecule has 22 heavy (non-hydrogen) atoms. The number of aromatic nitrogens is 1. The van der Waals surface area contributed by atoms with Gasteiger partial charge in [-0.05, 0) is 19.9 Å². The van der Waals surface area contributed by atoms with Gasteiger partial charge in [-0.25, -0.2) is 9.59 Å². The Morgan fingerprint density at radius 2 is 1.64 bits per heavy atom. The molecule has 0 radical (unpaired) electrons. The molecule has 0 aromatic carbocycles. The molecule has 0 aliphatic carbocycles. The van der Waals surface area contributed by atoms with E-state index in [1.165, 1.54) is 6.92 Å². The molecule has 9 heteroatoms. The maximum absolute atomic E-state index is 11.9. The minimum atomic E-state index is -0.861. The Balaban J connectivity index is 3.28. The molecule has 0 unspecified atom stereocenters. The summed E-state index contributed by atoms with van der Waals surface area (Å²) < 4.78 is 9.58. The van der Waals surface area contributed by atoms with Crippen molar-refractivity contribution < 1.29 is 23.9 Å². The number of ether oxygens (including phenoxy) is 2. The van der Waals surface area contributed by atoms with Gasteiger partial charge in [0.1, 0.15) is 16.9 Å². The van der Waals surface area contributed by atoms with Gasteiger partial charge in [-0.2, -0.15) is 0 Å². The molecule has 9 nitrogen and oxygen atoms in total. The quantitative estimate of drug-likeness (QED) is 0.505. The second kappa shape index (κ2) is 7.81. The summed E-state index contributed by atoms with van der Waals surface area (Å²) in [6, 6.07) is 1.05. The first kappa shape index (κ1) is 17.2. The Kier molecular flexibility index (Phi) is 6.11. The van der Waals surface area contributed by atoms with Gasteiger partial charge in [0.25, 0.3) is 5.56 Å². The SMILES string of the molecule is CCOC(=O)c1cc(C(=O)OCC)c(=O)[nH]c1NNC(C)=O. The molecule has 3 N–H and O–H groups in total. The fourth-order valence-electron chi connectivity index (χ4n) is 1.51. The van der Waals surface area contributed by atoms with Crippen LogP contribution in [0.2, 0.25) is 0 Å². The number of aromatic amines is 1. The maximum atomic E-state index is 11.9. The van der Waals surface area contributed by atoms with Gasteiger partial charge in [-0.15, -0.1) is 0 Å². The molecule has 0 atom stereocenters. The fraction of sp³-hybridized carbons (Fsp3) is 0.385. The van der Waals surface area contributed by atoms with Crippen molar-refractivity contribution in [3.05, 3.63) is 27.5 Å². The number of anilines is 1. The first-order valence-corrected chi connectivity index (χ1v) is 6.54. The van der Waals surface area contributed by atoms with E-state index in [9.17, 15) is 19.2 Å². The van der Waals surface area contributed by atoms with Gasteiger partial charge >= 0.3 is 11.9 Å². The van der Waals surface area contributed by atoms with E-state index in [1.54, 1.807) is 13.8 Å². The van der Waals surface area contributed by atoms with E-state index in [0.29, 0.717) is 0 Å². The molecule has 0 aliphatic rings. The first-order valence-electron chi connectivity index (χ1n) is 6.54. The monoisotopic (exact) mass is 311 g/mol. The summed E-state index contributed by atoms with van der Waals surface area (Å²) in [6.45, 7) is 4.62. The van der Waals surface area contributed by atoms with Crippen LogP contribution < -0.4 is 16.4 Å². The second-order valence-corrected chi connectivity index (χ2v) is 4.05. The van der Waals surface area contributed by atoms with E-state index >= 15 is 0 Å². The predicted molar refractivity (Wildman–Crippen MR) is 76.4 cm³/mol. The van der Waals surface area contributed by atoms with Gasteiger partial charge in [0.05, 0.1) is 13.2 Å². The number of H-pyrrole nitrogens is 1. The maximum Gasteiger partial charge on any atom is 0.343 e. The van der Waals surface area contributed by atoms with Crippen LogP contribution in [0, 0.1) is 0 Å². The predicted octanol–water partition coefficient (Wildman–Crippen LogP) is 0.191. The van der Waals surface area contributed by atoms with Crippen LogP contribution in [-0.2, 0) is 14.3 Å². The summed E-state index contributed by atoms with van der Waals surface area (Å²) in [5.41, 5.74) is 3.39. The van der Waals surface area contributed by atoms with Gasteiger partial charge in [-0.1, -0.05) is 0 Å². The smallest absolute Gasteiger partial charge is 0.343 e. The zero-order valence-corrected chi connectivity index (χ0v) is 12.4. The Morgan fingerprint density at radius 1 is 1.09 bits per heavy atom. The number of carbonyl (C=O) groups is 3. The van der Waals surface area contributed by atoms with Crippen LogP contribution in [0.25, 0.3) is 0 Å². The number of carbonyl (C=O) groups excluding carboxylic acids is 3. The van der Waals surface area contributed by atoms with E-state index in [0.717, 1.165) is 6.07 Å². The van der Waals surface area contributed by atoms with Crippen molar-refractivity contribution in [2.75, 3.05) is 18.6 Å². The van der Waals surface area contributed by atoms with E-state index in [1.807, 2.05) is 0 Å². The van der Waals surface area contributed by atoms with Crippen LogP contribution in [0.3, 0.4) is 0 Å². The zero-order valence-electron chi connectivity index (χ0n) is 12.4. The Bertz CT molecular complexity index is 637. The molecule has 0 aliphatic heterocycles. The molecule has 0 saturated carbocycles. The number of esters is 2. The number of pyridine rings is 1. The van der Waals surface area contributed by atoms with Crippen molar-refractivity contribution in [3.8, 4) is 0 Å². The minimum Gasteiger partial charge on any atom is -0.462 e. The Morgan fingerprint density at radius 3 is 2.14 bits per heavy atom. The molecule has 1 aromatic rings. The van der Waals surface area contributed by atoms with Gasteiger partial charge < -0.3 is 14.5 Å². The van der Waals surface area contributed by atoms with Crippen molar-refractivity contribution in [2.24, 2.45) is 0 Å². The summed E-state index contributed by atoms with van der Waals surface area (Å²) in [4.78, 5) is 48.7. The molecule has 1 rings (SSSR count). The van der Waals surface area contributed by atoms with Crippen LogP contribution in [0.4, 0.5) is 5.82 Å². The average Bonchev–Trinajstić information content (AvgIpc) is 2.45. The third-order valence-corrected chi connectivity index (χ3v) is 2.40. The van der Waals surface area contributed by atoms with Crippen LogP contribution in [0.15, 0.2) is 10.9 Å². The summed E-state index contributed by atoms with van der Waals surface area (Å²) in [7, 11) is 0. The van der Waals surface area contributed by atoms with E-state index in [4.69, 9.17) is 9.47 Å². The summed E-state index contributed by atoms with van der Waals surface area (Å²) in [5.74, 6) is -2.16. The number of hydrogen-bond donors (Lipinski definition) is 3. The minimum absolute atomic E-state index is 0.0822. The van der Waals surface area contributed by atoms with Crippen molar-refractivity contribution in [1.82, 2.24) is 10.4 Å². The fourth-order valence-corrected chi connectivity index (χ4v) is 1.51. The van der Waals surface area contributed by atoms with Gasteiger partial charge in [-0.3, -0.25) is 20.4 Å². The lowest BCUT2D eigenvalue weighted by Gasteiger charge is -2.12. The highest BCUT2D eigenvalue weighted by Crippen LogP contribution is 2.13. The van der Waals surface area contributed by atoms with E-state index < -0.39 is 23.4 Å². The summed E-state index contributed by atoms with van der Waals surface area (Å²) in [5, 5.41) is 0. The van der Waals surface area contributed by atoms with Gasteiger partial charge in [0.2, 0.25) is 5.91 Å². The average molecular weight is 311 g/mol. The van der Waals surface area contributed by atoms with Crippen molar-refractivity contribution in [3.63, 3.8) is 0 Å². The van der Waals surface area contributed by atoms with Crippen LogP contribution >= 0.6 is 0 Å². The standard InChI is InChI=1S/C13H17N3O6/c1-4-21-12(19)8-6-9(13(20)22-5-2)11(18)14-10(8)16-15-7(3)17/h6H,4-5H2,1-3H3,(H,15,17)(H2,14,16,18). The van der Waals surface area contributed by atoms with Crippen molar-refractivity contribution in [1.29, 1.82) is 0 Å². The Labute approximate surface area is 126 Å². The van der Waals surface area contributed by atoms with Crippen LogP contribution in [0.5, 0.6) is 0 Å². The first-order chi connectivity index (χ1) is 10.4. The van der Waals surface area contributed by atoms with E-state index in [-0.39, 0.29) is 30.2 Å². The molecular weight excluding hydrogens is 294 g/mol. The van der Waals surface area contributed by atoms with Gasteiger partial charge in [0.15, 0.2) is 0 Å². The normalized spacial score (nSPS) is 9.77. The van der Waals surface area contributed by atoms with Crippen molar-refractivity contribution >= 4 is 23.7 Å². The molecule has 120 valence electrons. The number of rotatable bonds is 6. The molecule has 0 saturated heterocycles. The van der Waals surface area contributed by atoms with Crippen molar-refractivity contribution in [2.45, 2.75) is 20.8 Å².